The summed E-state index contributed by atoms with van der Waals surface area (Å²) in [5, 5.41) is 4.50. The van der Waals surface area contributed by atoms with Crippen molar-refractivity contribution in [2.24, 2.45) is 5.10 Å². The molecule has 8 nitrogen and oxygen atoms in total. The van der Waals surface area contributed by atoms with Crippen LogP contribution in [-0.2, 0) is 9.84 Å². The predicted molar refractivity (Wildman–Crippen MR) is 137 cm³/mol. The van der Waals surface area contributed by atoms with Crippen LogP contribution in [0.1, 0.15) is 16.7 Å². The third kappa shape index (κ3) is 3.89. The molecular weight excluding hydrogens is 462 g/mol. The Hall–Kier alpha value is -4.24. The summed E-state index contributed by atoms with van der Waals surface area (Å²) in [4.78, 5) is 9.39. The summed E-state index contributed by atoms with van der Waals surface area (Å²) in [7, 11) is -2.45. The molecule has 2 N–H and O–H groups in total. The summed E-state index contributed by atoms with van der Waals surface area (Å²) in [6.45, 7) is 3.60. The standard InChI is InChI=1S/C26H23N5O3S/c1-16-11-12-17(2)22(13-16)35(32,33)24-23-26(30-21-10-5-4-9-20(21)29-23)31(25(24)27)28-15-18-7-6-8-19(14-18)34-3/h4-15H,27H2,1-3H3/b28-15-. The van der Waals surface area contributed by atoms with E-state index in [2.05, 4.69) is 15.1 Å². The van der Waals surface area contributed by atoms with E-state index < -0.39 is 9.84 Å². The second-order valence-corrected chi connectivity index (χ2v) is 10.1. The molecular formula is C26H23N5O3S. The van der Waals surface area contributed by atoms with Crippen molar-refractivity contribution in [3.05, 3.63) is 83.4 Å². The molecule has 0 fully saturated rings. The molecule has 0 aliphatic rings. The second kappa shape index (κ2) is 8.52. The second-order valence-electron chi connectivity index (χ2n) is 8.20. The third-order valence-corrected chi connectivity index (χ3v) is 7.71. The van der Waals surface area contributed by atoms with Crippen LogP contribution in [0, 0.1) is 13.8 Å². The molecule has 35 heavy (non-hydrogen) atoms. The molecule has 0 saturated carbocycles. The van der Waals surface area contributed by atoms with Crippen molar-refractivity contribution >= 4 is 44.1 Å². The molecule has 0 atom stereocenters. The molecule has 3 aromatic carbocycles. The van der Waals surface area contributed by atoms with E-state index in [-0.39, 0.29) is 26.8 Å². The third-order valence-electron chi connectivity index (χ3n) is 5.75. The van der Waals surface area contributed by atoms with Crippen LogP contribution in [0.25, 0.3) is 22.2 Å². The molecule has 0 aliphatic carbocycles. The van der Waals surface area contributed by atoms with Crippen LogP contribution in [0.15, 0.2) is 81.6 Å². The van der Waals surface area contributed by atoms with Gasteiger partial charge in [-0.05, 0) is 60.9 Å². The normalized spacial score (nSPS) is 12.1. The molecule has 0 unspecified atom stereocenters. The van der Waals surface area contributed by atoms with Crippen molar-refractivity contribution in [3.8, 4) is 5.75 Å². The first-order valence-corrected chi connectivity index (χ1v) is 12.4. The number of aryl methyl sites for hydroxylation is 2. The number of methoxy groups -OCH3 is 1. The number of hydrogen-bond donors (Lipinski definition) is 1. The fourth-order valence-electron chi connectivity index (χ4n) is 3.96. The van der Waals surface area contributed by atoms with Gasteiger partial charge in [-0.15, -0.1) is 0 Å². The topological polar surface area (TPSA) is 112 Å². The maximum Gasteiger partial charge on any atom is 0.212 e. The molecule has 0 spiro atoms. The molecule has 5 aromatic rings. The van der Waals surface area contributed by atoms with Gasteiger partial charge in [-0.1, -0.05) is 36.4 Å². The van der Waals surface area contributed by atoms with Gasteiger partial charge in [0.15, 0.2) is 5.65 Å². The number of sulfone groups is 1. The van der Waals surface area contributed by atoms with E-state index in [1.165, 1.54) is 4.68 Å². The van der Waals surface area contributed by atoms with Gasteiger partial charge in [-0.25, -0.2) is 18.4 Å². The Morgan fingerprint density at radius 2 is 1.71 bits per heavy atom. The number of rotatable bonds is 5. The van der Waals surface area contributed by atoms with E-state index in [4.69, 9.17) is 10.5 Å². The maximum absolute atomic E-state index is 13.9. The lowest BCUT2D eigenvalue weighted by atomic mass is 10.2. The van der Waals surface area contributed by atoms with Crippen LogP contribution < -0.4 is 10.5 Å². The first kappa shape index (κ1) is 22.5. The van der Waals surface area contributed by atoms with Gasteiger partial charge in [0.25, 0.3) is 0 Å². The van der Waals surface area contributed by atoms with Crippen molar-refractivity contribution < 1.29 is 13.2 Å². The van der Waals surface area contributed by atoms with Crippen molar-refractivity contribution in [2.45, 2.75) is 23.6 Å². The van der Waals surface area contributed by atoms with Gasteiger partial charge in [-0.2, -0.15) is 9.78 Å². The highest BCUT2D eigenvalue weighted by atomic mass is 32.2. The SMILES string of the molecule is COc1cccc(/C=N\n2c(N)c(S(=O)(=O)c3cc(C)ccc3C)c3nc4ccccc4nc32)c1. The van der Waals surface area contributed by atoms with Gasteiger partial charge < -0.3 is 10.5 Å². The summed E-state index contributed by atoms with van der Waals surface area (Å²) in [6.07, 6.45) is 1.57. The highest BCUT2D eigenvalue weighted by Crippen LogP contribution is 2.36. The number of para-hydroxylation sites is 2. The number of fused-ring (bicyclic) bond motifs is 2. The lowest BCUT2D eigenvalue weighted by Gasteiger charge is -2.09. The van der Waals surface area contributed by atoms with E-state index in [1.807, 2.05) is 43.3 Å². The molecule has 0 bridgehead atoms. The number of aromatic nitrogens is 3. The number of nitrogens with two attached hydrogens (primary N) is 1. The lowest BCUT2D eigenvalue weighted by Crippen LogP contribution is -2.08. The van der Waals surface area contributed by atoms with Crippen molar-refractivity contribution in [1.29, 1.82) is 0 Å². The molecule has 0 radical (unpaired) electrons. The minimum absolute atomic E-state index is 0.0599. The van der Waals surface area contributed by atoms with Crippen LogP contribution in [-0.4, -0.2) is 36.4 Å². The highest BCUT2D eigenvalue weighted by Gasteiger charge is 2.31. The van der Waals surface area contributed by atoms with Gasteiger partial charge in [-0.3, -0.25) is 0 Å². The van der Waals surface area contributed by atoms with Crippen molar-refractivity contribution in [3.63, 3.8) is 0 Å². The van der Waals surface area contributed by atoms with E-state index in [0.29, 0.717) is 22.3 Å². The quantitative estimate of drug-likeness (QED) is 0.367. The molecule has 176 valence electrons. The summed E-state index contributed by atoms with van der Waals surface area (Å²) in [5.74, 6) is 0.610. The largest absolute Gasteiger partial charge is 0.497 e. The predicted octanol–water partition coefficient (Wildman–Crippen LogP) is 4.51. The Balaban J connectivity index is 1.80. The van der Waals surface area contributed by atoms with Crippen molar-refractivity contribution in [2.75, 3.05) is 12.8 Å². The Kier molecular flexibility index (Phi) is 5.49. The average Bonchev–Trinajstić information content (AvgIpc) is 3.13. The minimum Gasteiger partial charge on any atom is -0.497 e. The molecule has 0 amide bonds. The van der Waals surface area contributed by atoms with Crippen LogP contribution in [0.3, 0.4) is 0 Å². The van der Waals surface area contributed by atoms with E-state index in [0.717, 1.165) is 11.1 Å². The minimum atomic E-state index is -4.03. The van der Waals surface area contributed by atoms with Crippen LogP contribution >= 0.6 is 0 Å². The maximum atomic E-state index is 13.9. The number of hydrogen-bond acceptors (Lipinski definition) is 7. The Morgan fingerprint density at radius 3 is 2.46 bits per heavy atom. The number of nitrogen functional groups attached to an aromatic ring is 1. The smallest absolute Gasteiger partial charge is 0.212 e. The molecule has 0 saturated heterocycles. The number of nitrogens with zero attached hydrogens (tertiary/aromatic N) is 4. The molecule has 2 heterocycles. The molecule has 9 heteroatoms. The monoisotopic (exact) mass is 485 g/mol. The van der Waals surface area contributed by atoms with Gasteiger partial charge in [0.05, 0.1) is 29.3 Å². The fraction of sp³-hybridized carbons (Fsp3) is 0.115. The average molecular weight is 486 g/mol. The molecule has 2 aromatic heterocycles. The first-order valence-electron chi connectivity index (χ1n) is 10.9. The van der Waals surface area contributed by atoms with Gasteiger partial charge in [0.1, 0.15) is 22.0 Å². The van der Waals surface area contributed by atoms with Crippen LogP contribution in [0.2, 0.25) is 0 Å². The van der Waals surface area contributed by atoms with E-state index >= 15 is 0 Å². The molecule has 0 aliphatic heterocycles. The number of ether oxygens (including phenoxy) is 1. The zero-order valence-corrected chi connectivity index (χ0v) is 20.2. The van der Waals surface area contributed by atoms with Gasteiger partial charge >= 0.3 is 0 Å². The Bertz CT molecular complexity index is 1740. The van der Waals surface area contributed by atoms with Gasteiger partial charge in [0.2, 0.25) is 9.84 Å². The lowest BCUT2D eigenvalue weighted by molar-refractivity contribution is 0.415. The van der Waals surface area contributed by atoms with Gasteiger partial charge in [0, 0.05) is 0 Å². The van der Waals surface area contributed by atoms with E-state index in [9.17, 15) is 8.42 Å². The highest BCUT2D eigenvalue weighted by molar-refractivity contribution is 7.92. The first-order chi connectivity index (χ1) is 16.8. The van der Waals surface area contributed by atoms with Crippen LogP contribution in [0.5, 0.6) is 5.75 Å². The summed E-state index contributed by atoms with van der Waals surface area (Å²) in [5.41, 5.74) is 10.3. The van der Waals surface area contributed by atoms with Crippen molar-refractivity contribution in [1.82, 2.24) is 14.6 Å². The Labute approximate surface area is 202 Å². The summed E-state index contributed by atoms with van der Waals surface area (Å²) < 4.78 is 34.4. The number of anilines is 1. The van der Waals surface area contributed by atoms with Crippen LogP contribution in [0.4, 0.5) is 5.82 Å². The summed E-state index contributed by atoms with van der Waals surface area (Å²) in [6, 6.07) is 19.8. The summed E-state index contributed by atoms with van der Waals surface area (Å²) >= 11 is 0. The zero-order valence-electron chi connectivity index (χ0n) is 19.4. The molecule has 5 rings (SSSR count). The van der Waals surface area contributed by atoms with E-state index in [1.54, 1.807) is 50.6 Å². The number of benzene rings is 3. The zero-order chi connectivity index (χ0) is 24.7. The fourth-order valence-corrected chi connectivity index (χ4v) is 5.76. The Morgan fingerprint density at radius 1 is 0.971 bits per heavy atom.